The lowest BCUT2D eigenvalue weighted by Gasteiger charge is -2.33. The molecule has 2 heterocycles. The Balaban J connectivity index is 1.39. The van der Waals surface area contributed by atoms with E-state index in [1.807, 2.05) is 17.0 Å². The van der Waals surface area contributed by atoms with E-state index >= 15 is 0 Å². The van der Waals surface area contributed by atoms with Gasteiger partial charge < -0.3 is 14.7 Å². The van der Waals surface area contributed by atoms with Crippen molar-refractivity contribution in [2.75, 3.05) is 6.54 Å². The van der Waals surface area contributed by atoms with Crippen LogP contribution < -0.4 is 4.74 Å². The molecule has 1 amide bonds. The van der Waals surface area contributed by atoms with Gasteiger partial charge in [0.2, 0.25) is 5.91 Å². The van der Waals surface area contributed by atoms with Gasteiger partial charge >= 0.3 is 0 Å². The molecule has 2 aromatic rings. The van der Waals surface area contributed by atoms with Gasteiger partial charge in [0.25, 0.3) is 0 Å². The Labute approximate surface area is 187 Å². The van der Waals surface area contributed by atoms with E-state index in [2.05, 4.69) is 4.98 Å². The maximum Gasteiger partial charge on any atom is 0.226 e. The molecule has 4 rings (SSSR count). The first-order valence-electron chi connectivity index (χ1n) is 10.5. The molecule has 1 aromatic carbocycles. The van der Waals surface area contributed by atoms with Gasteiger partial charge in [-0.1, -0.05) is 29.3 Å². The summed E-state index contributed by atoms with van der Waals surface area (Å²) in [5.41, 5.74) is 1.76. The molecular formula is C23H26Cl2N2O3. The van der Waals surface area contributed by atoms with Crippen molar-refractivity contribution in [3.05, 3.63) is 57.8 Å². The van der Waals surface area contributed by atoms with Crippen molar-refractivity contribution < 1.29 is 14.6 Å². The number of hydrogen-bond acceptors (Lipinski definition) is 4. The SMILES string of the molecule is O=C1C(Cc2c(Cl)cc(OCc3cccnc3)cc2Cl)CCN1C1CCC(O)CC1. The molecule has 1 aliphatic carbocycles. The zero-order valence-corrected chi connectivity index (χ0v) is 18.3. The van der Waals surface area contributed by atoms with E-state index in [1.165, 1.54) is 0 Å². The highest BCUT2D eigenvalue weighted by Gasteiger charge is 2.37. The normalized spacial score (nSPS) is 24.3. The number of benzene rings is 1. The van der Waals surface area contributed by atoms with Crippen molar-refractivity contribution in [3.63, 3.8) is 0 Å². The van der Waals surface area contributed by atoms with E-state index in [4.69, 9.17) is 27.9 Å². The standard InChI is InChI=1S/C23H26Cl2N2O3/c24-21-11-19(30-14-15-2-1-8-26-13-15)12-22(25)20(21)10-16-7-9-27(23(16)29)17-3-5-18(28)6-4-17/h1-2,8,11-13,16-18,28H,3-7,9-10,14H2. The van der Waals surface area contributed by atoms with E-state index in [0.29, 0.717) is 28.8 Å². The number of carbonyl (C=O) groups excluding carboxylic acids is 1. The number of aromatic nitrogens is 1. The number of nitrogens with zero attached hydrogens (tertiary/aromatic N) is 2. The average molecular weight is 449 g/mol. The molecule has 2 aliphatic rings. The van der Waals surface area contributed by atoms with E-state index in [9.17, 15) is 9.90 Å². The lowest BCUT2D eigenvalue weighted by molar-refractivity contribution is -0.133. The molecule has 1 aromatic heterocycles. The van der Waals surface area contributed by atoms with E-state index in [0.717, 1.165) is 49.8 Å². The molecule has 1 saturated carbocycles. The first-order chi connectivity index (χ1) is 14.5. The van der Waals surface area contributed by atoms with Crippen LogP contribution in [0.15, 0.2) is 36.7 Å². The van der Waals surface area contributed by atoms with Crippen molar-refractivity contribution in [3.8, 4) is 5.75 Å². The number of halogens is 2. The first-order valence-corrected chi connectivity index (χ1v) is 11.2. The van der Waals surface area contributed by atoms with Crippen LogP contribution in [0.3, 0.4) is 0 Å². The Morgan fingerprint density at radius 1 is 1.13 bits per heavy atom. The fourth-order valence-electron chi connectivity index (χ4n) is 4.44. The van der Waals surface area contributed by atoms with Crippen LogP contribution in [0, 0.1) is 5.92 Å². The van der Waals surface area contributed by atoms with Crippen LogP contribution in [0.4, 0.5) is 0 Å². The third-order valence-corrected chi connectivity index (χ3v) is 6.83. The summed E-state index contributed by atoms with van der Waals surface area (Å²) in [6.07, 6.45) is 7.90. The van der Waals surface area contributed by atoms with Crippen LogP contribution in [0.1, 0.15) is 43.2 Å². The second-order valence-corrected chi connectivity index (χ2v) is 9.01. The van der Waals surface area contributed by atoms with Gasteiger partial charge in [-0.3, -0.25) is 9.78 Å². The van der Waals surface area contributed by atoms with Crippen LogP contribution >= 0.6 is 23.2 Å². The minimum absolute atomic E-state index is 0.103. The summed E-state index contributed by atoms with van der Waals surface area (Å²) in [5.74, 6) is 0.673. The Kier molecular flexibility index (Phi) is 6.81. The topological polar surface area (TPSA) is 62.7 Å². The van der Waals surface area contributed by atoms with Gasteiger partial charge in [-0.05, 0) is 62.3 Å². The smallest absolute Gasteiger partial charge is 0.226 e. The maximum absolute atomic E-state index is 13.0. The molecule has 5 nitrogen and oxygen atoms in total. The van der Waals surface area contributed by atoms with Gasteiger partial charge in [-0.2, -0.15) is 0 Å². The van der Waals surface area contributed by atoms with Crippen molar-refractivity contribution in [1.82, 2.24) is 9.88 Å². The first kappa shape index (κ1) is 21.4. The summed E-state index contributed by atoms with van der Waals surface area (Å²) in [4.78, 5) is 19.1. The molecule has 30 heavy (non-hydrogen) atoms. The Morgan fingerprint density at radius 2 is 1.87 bits per heavy atom. The number of pyridine rings is 1. The molecule has 2 fully saturated rings. The van der Waals surface area contributed by atoms with Gasteiger partial charge in [-0.15, -0.1) is 0 Å². The molecule has 1 saturated heterocycles. The fraction of sp³-hybridized carbons (Fsp3) is 0.478. The minimum atomic E-state index is -0.216. The number of carbonyl (C=O) groups is 1. The number of hydrogen-bond donors (Lipinski definition) is 1. The quantitative estimate of drug-likeness (QED) is 0.697. The third kappa shape index (κ3) is 4.90. The number of aliphatic hydroxyl groups excluding tert-OH is 1. The molecule has 160 valence electrons. The lowest BCUT2D eigenvalue weighted by atomic mass is 9.92. The van der Waals surface area contributed by atoms with Gasteiger partial charge in [0, 0.05) is 46.5 Å². The number of ether oxygens (including phenoxy) is 1. The summed E-state index contributed by atoms with van der Waals surface area (Å²) in [7, 11) is 0. The summed E-state index contributed by atoms with van der Waals surface area (Å²) in [6.45, 7) is 1.15. The zero-order valence-electron chi connectivity index (χ0n) is 16.8. The minimum Gasteiger partial charge on any atom is -0.489 e. The van der Waals surface area contributed by atoms with Gasteiger partial charge in [0.1, 0.15) is 12.4 Å². The Hall–Kier alpha value is -1.82. The summed E-state index contributed by atoms with van der Waals surface area (Å²) in [6, 6.07) is 7.58. The Morgan fingerprint density at radius 3 is 2.53 bits per heavy atom. The number of aliphatic hydroxyl groups is 1. The van der Waals surface area contributed by atoms with Crippen LogP contribution in [0.5, 0.6) is 5.75 Å². The summed E-state index contributed by atoms with van der Waals surface area (Å²) >= 11 is 13.0. The molecule has 0 radical (unpaired) electrons. The van der Waals surface area contributed by atoms with Crippen molar-refractivity contribution in [1.29, 1.82) is 0 Å². The highest BCUT2D eigenvalue weighted by molar-refractivity contribution is 6.36. The largest absolute Gasteiger partial charge is 0.489 e. The average Bonchev–Trinajstić information content (AvgIpc) is 3.11. The van der Waals surface area contributed by atoms with Crippen molar-refractivity contribution in [2.24, 2.45) is 5.92 Å². The fourth-order valence-corrected chi connectivity index (χ4v) is 5.06. The third-order valence-electron chi connectivity index (χ3n) is 6.15. The maximum atomic E-state index is 13.0. The van der Waals surface area contributed by atoms with E-state index in [-0.39, 0.29) is 24.0 Å². The number of likely N-dealkylation sites (tertiary alicyclic amines) is 1. The molecule has 1 atom stereocenters. The molecule has 0 spiro atoms. The summed E-state index contributed by atoms with van der Waals surface area (Å²) in [5, 5.41) is 10.8. The second-order valence-electron chi connectivity index (χ2n) is 8.20. The van der Waals surface area contributed by atoms with E-state index in [1.54, 1.807) is 24.5 Å². The van der Waals surface area contributed by atoms with Gasteiger partial charge in [0.05, 0.1) is 6.10 Å². The zero-order chi connectivity index (χ0) is 21.1. The summed E-state index contributed by atoms with van der Waals surface area (Å²) < 4.78 is 5.80. The van der Waals surface area contributed by atoms with Crippen LogP contribution in [0.25, 0.3) is 0 Å². The molecule has 1 unspecified atom stereocenters. The molecule has 1 aliphatic heterocycles. The molecule has 0 bridgehead atoms. The van der Waals surface area contributed by atoms with Gasteiger partial charge in [0.15, 0.2) is 0 Å². The van der Waals surface area contributed by atoms with Gasteiger partial charge in [-0.25, -0.2) is 0 Å². The Bertz CT molecular complexity index is 862. The van der Waals surface area contributed by atoms with Crippen molar-refractivity contribution in [2.45, 2.75) is 57.3 Å². The lowest BCUT2D eigenvalue weighted by Crippen LogP contribution is -2.41. The molecule has 7 heteroatoms. The van der Waals surface area contributed by atoms with Crippen molar-refractivity contribution >= 4 is 29.1 Å². The van der Waals surface area contributed by atoms with Crippen LogP contribution in [0.2, 0.25) is 10.0 Å². The highest BCUT2D eigenvalue weighted by Crippen LogP contribution is 2.36. The number of rotatable bonds is 6. The molecule has 1 N–H and O–H groups in total. The van der Waals surface area contributed by atoms with Crippen LogP contribution in [-0.4, -0.2) is 39.6 Å². The predicted molar refractivity (Wildman–Crippen MR) is 117 cm³/mol. The van der Waals surface area contributed by atoms with Crippen LogP contribution in [-0.2, 0) is 17.8 Å². The predicted octanol–water partition coefficient (Wildman–Crippen LogP) is 4.66. The highest BCUT2D eigenvalue weighted by atomic mass is 35.5. The molecular weight excluding hydrogens is 423 g/mol. The monoisotopic (exact) mass is 448 g/mol. The number of amides is 1. The van der Waals surface area contributed by atoms with E-state index < -0.39 is 0 Å². The second kappa shape index (κ2) is 9.54.